The summed E-state index contributed by atoms with van der Waals surface area (Å²) in [6, 6.07) is 13.0. The van der Waals surface area contributed by atoms with E-state index >= 15 is 4.39 Å². The second-order valence-corrected chi connectivity index (χ2v) is 10.2. The van der Waals surface area contributed by atoms with E-state index < -0.39 is 18.0 Å². The number of amides is 1. The van der Waals surface area contributed by atoms with E-state index in [2.05, 4.69) is 30.7 Å². The maximum absolute atomic E-state index is 15.3. The van der Waals surface area contributed by atoms with Gasteiger partial charge in [-0.15, -0.1) is 5.10 Å². The van der Waals surface area contributed by atoms with Crippen LogP contribution in [0, 0.1) is 11.0 Å². The molecule has 1 N–H and O–H groups in total. The molecule has 3 heterocycles. The highest BCUT2D eigenvalue weighted by atomic mass is 35.5. The molecule has 0 aliphatic heterocycles. The number of rotatable bonds is 10. The van der Waals surface area contributed by atoms with E-state index in [4.69, 9.17) is 16.3 Å². The SMILES string of the molecule is COC(=O)Nc1ccc(-c2cnn([C@@H](CCOC(C)C)c3ccc(-c4c(-n5cnnn5)ccc(Cl)c4F)c[n+]3[O-])c2)cc1. The molecule has 1 atom stereocenters. The van der Waals surface area contributed by atoms with Crippen LogP contribution in [0.5, 0.6) is 0 Å². The van der Waals surface area contributed by atoms with Crippen molar-refractivity contribution >= 4 is 23.4 Å². The molecule has 2 aromatic carbocycles. The van der Waals surface area contributed by atoms with Gasteiger partial charge in [-0.05, 0) is 60.2 Å². The third kappa shape index (κ3) is 6.63. The number of nitrogens with zero attached hydrogens (tertiary/aromatic N) is 7. The van der Waals surface area contributed by atoms with Crippen molar-refractivity contribution in [2.75, 3.05) is 19.0 Å². The van der Waals surface area contributed by atoms with Gasteiger partial charge >= 0.3 is 6.09 Å². The van der Waals surface area contributed by atoms with Crippen LogP contribution in [-0.4, -0.2) is 55.9 Å². The monoisotopic (exact) mass is 606 g/mol. The van der Waals surface area contributed by atoms with E-state index in [0.717, 1.165) is 11.1 Å². The molecule has 0 aliphatic rings. The fourth-order valence-electron chi connectivity index (χ4n) is 4.58. The van der Waals surface area contributed by atoms with Crippen LogP contribution in [0.2, 0.25) is 5.02 Å². The van der Waals surface area contributed by atoms with Gasteiger partial charge in [-0.1, -0.05) is 23.7 Å². The lowest BCUT2D eigenvalue weighted by atomic mass is 10.0. The molecular weight excluding hydrogens is 579 g/mol. The number of nitrogens with one attached hydrogen (secondary N) is 1. The van der Waals surface area contributed by atoms with E-state index in [0.29, 0.717) is 40.4 Å². The molecular formula is C29H28ClFN8O4. The number of ether oxygens (including phenoxy) is 2. The van der Waals surface area contributed by atoms with E-state index in [1.54, 1.807) is 41.2 Å². The Morgan fingerprint density at radius 2 is 1.88 bits per heavy atom. The molecule has 5 rings (SSSR count). The number of pyridine rings is 1. The van der Waals surface area contributed by atoms with Crippen molar-refractivity contribution in [1.82, 2.24) is 30.0 Å². The standard InChI is InChI=1S/C29H28ClFN8O4/c1-18(2)43-13-12-24(37-15-21(14-33-37)19-4-7-22(8-5-19)34-29(40)42-3)25-10-6-20(16-39(25)41)27-26(38-17-32-35-36-38)11-9-23(30)28(27)31/h4-11,14-18,24H,12-13H2,1-3H3,(H,34,40)/t24-/m0/s1. The fraction of sp³-hybridized carbons (Fsp3) is 0.241. The summed E-state index contributed by atoms with van der Waals surface area (Å²) in [5, 5.41) is 31.7. The average Bonchev–Trinajstić information content (AvgIpc) is 3.71. The Balaban J connectivity index is 1.48. The number of methoxy groups -OCH3 is 1. The minimum absolute atomic E-state index is 0.00296. The van der Waals surface area contributed by atoms with Gasteiger partial charge in [0, 0.05) is 36.5 Å². The molecule has 43 heavy (non-hydrogen) atoms. The predicted molar refractivity (Wildman–Crippen MR) is 156 cm³/mol. The van der Waals surface area contributed by atoms with Crippen molar-refractivity contribution in [3.63, 3.8) is 0 Å². The maximum atomic E-state index is 15.3. The molecule has 0 spiro atoms. The van der Waals surface area contributed by atoms with Crippen molar-refractivity contribution in [3.8, 4) is 27.9 Å². The Kier molecular flexibility index (Phi) is 8.93. The molecule has 14 heteroatoms. The Hall–Kier alpha value is -4.88. The van der Waals surface area contributed by atoms with Gasteiger partial charge in [0.2, 0.25) is 5.69 Å². The van der Waals surface area contributed by atoms with Crippen LogP contribution in [0.15, 0.2) is 73.4 Å². The first-order valence-corrected chi connectivity index (χ1v) is 13.7. The molecule has 12 nitrogen and oxygen atoms in total. The smallest absolute Gasteiger partial charge is 0.411 e. The highest BCUT2D eigenvalue weighted by molar-refractivity contribution is 6.31. The van der Waals surface area contributed by atoms with Crippen molar-refractivity contribution in [2.45, 2.75) is 32.4 Å². The van der Waals surface area contributed by atoms with Crippen LogP contribution in [-0.2, 0) is 9.47 Å². The fourth-order valence-corrected chi connectivity index (χ4v) is 4.74. The van der Waals surface area contributed by atoms with E-state index in [-0.39, 0.29) is 16.7 Å². The summed E-state index contributed by atoms with van der Waals surface area (Å²) in [5.41, 5.74) is 3.33. The third-order valence-corrected chi connectivity index (χ3v) is 6.95. The lowest BCUT2D eigenvalue weighted by Gasteiger charge is -2.19. The lowest BCUT2D eigenvalue weighted by Crippen LogP contribution is -2.36. The normalized spacial score (nSPS) is 12.0. The quantitative estimate of drug-likeness (QED) is 0.169. The van der Waals surface area contributed by atoms with Crippen LogP contribution >= 0.6 is 11.6 Å². The van der Waals surface area contributed by atoms with Gasteiger partial charge in [0.25, 0.3) is 0 Å². The van der Waals surface area contributed by atoms with Gasteiger partial charge < -0.3 is 14.7 Å². The maximum Gasteiger partial charge on any atom is 0.411 e. The lowest BCUT2D eigenvalue weighted by molar-refractivity contribution is -0.615. The molecule has 0 fully saturated rings. The van der Waals surface area contributed by atoms with E-state index in [1.165, 1.54) is 30.4 Å². The number of aromatic nitrogens is 7. The number of tetrazole rings is 1. The zero-order chi connectivity index (χ0) is 30.5. The second kappa shape index (κ2) is 13.0. The number of carbonyl (C=O) groups is 1. The second-order valence-electron chi connectivity index (χ2n) is 9.81. The summed E-state index contributed by atoms with van der Waals surface area (Å²) in [4.78, 5) is 11.5. The molecule has 0 saturated heterocycles. The molecule has 0 unspecified atom stereocenters. The van der Waals surface area contributed by atoms with Gasteiger partial charge in [-0.2, -0.15) is 14.5 Å². The molecule has 3 aromatic heterocycles. The number of hydrogen-bond acceptors (Lipinski definition) is 8. The highest BCUT2D eigenvalue weighted by Gasteiger charge is 2.26. The van der Waals surface area contributed by atoms with E-state index in [9.17, 15) is 10.0 Å². The van der Waals surface area contributed by atoms with Crippen LogP contribution in [0.4, 0.5) is 14.9 Å². The highest BCUT2D eigenvalue weighted by Crippen LogP contribution is 2.34. The number of halogens is 2. The molecule has 0 bridgehead atoms. The summed E-state index contributed by atoms with van der Waals surface area (Å²) in [7, 11) is 1.30. The van der Waals surface area contributed by atoms with Crippen molar-refractivity contribution in [1.29, 1.82) is 0 Å². The third-order valence-electron chi connectivity index (χ3n) is 6.66. The Bertz CT molecular complexity index is 1710. The van der Waals surface area contributed by atoms with Crippen LogP contribution in [0.3, 0.4) is 0 Å². The number of hydrogen-bond donors (Lipinski definition) is 1. The molecule has 0 saturated carbocycles. The zero-order valence-corrected chi connectivity index (χ0v) is 24.3. The minimum Gasteiger partial charge on any atom is -0.618 e. The number of carbonyl (C=O) groups excluding carboxylic acids is 1. The van der Waals surface area contributed by atoms with Crippen LogP contribution in [0.25, 0.3) is 27.9 Å². The van der Waals surface area contributed by atoms with Gasteiger partial charge in [0.1, 0.15) is 12.4 Å². The zero-order valence-electron chi connectivity index (χ0n) is 23.5. The molecule has 0 aliphatic carbocycles. The molecule has 222 valence electrons. The minimum atomic E-state index is -0.700. The van der Waals surface area contributed by atoms with Crippen molar-refractivity contribution in [2.24, 2.45) is 0 Å². The summed E-state index contributed by atoms with van der Waals surface area (Å²) in [6.07, 6.45) is 6.05. The first-order valence-electron chi connectivity index (χ1n) is 13.3. The van der Waals surface area contributed by atoms with Crippen LogP contribution < -0.4 is 10.0 Å². The van der Waals surface area contributed by atoms with Gasteiger partial charge in [-0.3, -0.25) is 10.00 Å². The first kappa shape index (κ1) is 29.6. The first-order chi connectivity index (χ1) is 20.7. The summed E-state index contributed by atoms with van der Waals surface area (Å²) in [6.45, 7) is 4.24. The molecule has 0 radical (unpaired) electrons. The van der Waals surface area contributed by atoms with Gasteiger partial charge in [0.15, 0.2) is 12.0 Å². The van der Waals surface area contributed by atoms with Crippen molar-refractivity contribution in [3.05, 3.63) is 95.2 Å². The number of benzene rings is 2. The summed E-state index contributed by atoms with van der Waals surface area (Å²) in [5.74, 6) is -0.700. The van der Waals surface area contributed by atoms with Crippen LogP contribution in [0.1, 0.15) is 32.0 Å². The molecule has 5 aromatic rings. The van der Waals surface area contributed by atoms with Gasteiger partial charge in [0.05, 0.1) is 41.2 Å². The molecule has 1 amide bonds. The Morgan fingerprint density at radius 1 is 1.12 bits per heavy atom. The van der Waals surface area contributed by atoms with Gasteiger partial charge in [-0.25, -0.2) is 9.18 Å². The topological polar surface area (TPSA) is 136 Å². The summed E-state index contributed by atoms with van der Waals surface area (Å²) < 4.78 is 29.5. The largest absolute Gasteiger partial charge is 0.618 e. The van der Waals surface area contributed by atoms with Crippen molar-refractivity contribution < 1.29 is 23.4 Å². The Labute approximate surface area is 251 Å². The Morgan fingerprint density at radius 3 is 2.56 bits per heavy atom. The summed E-state index contributed by atoms with van der Waals surface area (Å²) >= 11 is 6.10. The van der Waals surface area contributed by atoms with E-state index in [1.807, 2.05) is 32.2 Å². The number of anilines is 1. The predicted octanol–water partition coefficient (Wildman–Crippen LogP) is 5.20. The average molecular weight is 607 g/mol.